The molecule has 2 aromatic carbocycles. The minimum absolute atomic E-state index is 0.00835. The van der Waals surface area contributed by atoms with Crippen molar-refractivity contribution in [2.24, 2.45) is 4.99 Å². The van der Waals surface area contributed by atoms with Crippen molar-refractivity contribution in [2.45, 2.75) is 56.5 Å². The van der Waals surface area contributed by atoms with E-state index in [4.69, 9.17) is 4.74 Å². The van der Waals surface area contributed by atoms with Crippen molar-refractivity contribution < 1.29 is 22.9 Å². The molecule has 10 nitrogen and oxygen atoms in total. The van der Waals surface area contributed by atoms with E-state index in [1.165, 1.54) is 52.0 Å². The maximum atomic E-state index is 13.1. The fraction of sp³-hybridized carbons (Fsp3) is 0.440. The number of hydrogen-bond acceptors (Lipinski definition) is 7. The van der Waals surface area contributed by atoms with Gasteiger partial charge in [-0.2, -0.15) is 9.30 Å². The molecule has 1 saturated carbocycles. The summed E-state index contributed by atoms with van der Waals surface area (Å²) >= 11 is 1.25. The molecule has 0 atom stereocenters. The quantitative estimate of drug-likeness (QED) is 0.223. The van der Waals surface area contributed by atoms with Gasteiger partial charge in [-0.3, -0.25) is 14.9 Å². The Morgan fingerprint density at radius 2 is 1.89 bits per heavy atom. The van der Waals surface area contributed by atoms with Crippen molar-refractivity contribution >= 4 is 43.2 Å². The third-order valence-electron chi connectivity index (χ3n) is 6.60. The lowest BCUT2D eigenvalue weighted by Gasteiger charge is -2.30. The molecule has 0 spiro atoms. The fourth-order valence-electron chi connectivity index (χ4n) is 4.50. The number of carbonyl (C=O) groups is 1. The number of non-ortho nitro benzene ring substituents is 1. The molecule has 0 saturated heterocycles. The maximum absolute atomic E-state index is 13.1. The number of aromatic nitrogens is 1. The summed E-state index contributed by atoms with van der Waals surface area (Å²) in [6.07, 6.45) is 4.89. The zero-order chi connectivity index (χ0) is 26.6. The maximum Gasteiger partial charge on any atom is 0.279 e. The van der Waals surface area contributed by atoms with E-state index in [2.05, 4.69) is 4.99 Å². The number of nitro benzene ring substituents is 1. The Kier molecular flexibility index (Phi) is 8.53. The predicted molar refractivity (Wildman–Crippen MR) is 141 cm³/mol. The third kappa shape index (κ3) is 5.98. The smallest absolute Gasteiger partial charge is 0.279 e. The summed E-state index contributed by atoms with van der Waals surface area (Å²) in [4.78, 5) is 28.6. The molecule has 1 heterocycles. The van der Waals surface area contributed by atoms with E-state index in [9.17, 15) is 23.3 Å². The van der Waals surface area contributed by atoms with E-state index in [0.29, 0.717) is 30.1 Å². The van der Waals surface area contributed by atoms with Crippen LogP contribution in [-0.2, 0) is 21.3 Å². The van der Waals surface area contributed by atoms with Crippen LogP contribution in [-0.4, -0.2) is 54.4 Å². The minimum atomic E-state index is -3.67. The van der Waals surface area contributed by atoms with E-state index in [-0.39, 0.29) is 22.2 Å². The molecule has 1 amide bonds. The van der Waals surface area contributed by atoms with Crippen LogP contribution in [0.4, 0.5) is 5.69 Å². The van der Waals surface area contributed by atoms with Crippen molar-refractivity contribution in [3.05, 3.63) is 62.9 Å². The zero-order valence-electron chi connectivity index (χ0n) is 20.8. The SMILES string of the molecule is CCOCCn1c(=NC(=O)c2ccc(S(=O)(=O)N(C)C3CCCCC3)cc2)sc2ccc([N+](=O)[O-])cc21. The van der Waals surface area contributed by atoms with Crippen LogP contribution in [0.25, 0.3) is 10.2 Å². The molecule has 0 N–H and O–H groups in total. The normalized spacial score (nSPS) is 15.5. The number of amides is 1. The van der Waals surface area contributed by atoms with Crippen LogP contribution in [0.1, 0.15) is 49.4 Å². The first-order chi connectivity index (χ1) is 17.7. The summed E-state index contributed by atoms with van der Waals surface area (Å²) in [5.41, 5.74) is 0.792. The van der Waals surface area contributed by atoms with Crippen LogP contribution in [0.5, 0.6) is 0 Å². The highest BCUT2D eigenvalue weighted by atomic mass is 32.2. The van der Waals surface area contributed by atoms with Gasteiger partial charge in [-0.25, -0.2) is 8.42 Å². The second-order valence-electron chi connectivity index (χ2n) is 8.90. The van der Waals surface area contributed by atoms with Gasteiger partial charge in [0.25, 0.3) is 11.6 Å². The lowest BCUT2D eigenvalue weighted by Crippen LogP contribution is -2.38. The first-order valence-electron chi connectivity index (χ1n) is 12.2. The monoisotopic (exact) mass is 546 g/mol. The molecule has 0 aliphatic heterocycles. The summed E-state index contributed by atoms with van der Waals surface area (Å²) in [5.74, 6) is -0.532. The van der Waals surface area contributed by atoms with Gasteiger partial charge in [-0.05, 0) is 50.1 Å². The van der Waals surface area contributed by atoms with Crippen LogP contribution < -0.4 is 4.80 Å². The molecule has 198 valence electrons. The van der Waals surface area contributed by atoms with Gasteiger partial charge >= 0.3 is 0 Å². The predicted octanol–water partition coefficient (Wildman–Crippen LogP) is 4.34. The Labute approximate surface area is 219 Å². The number of carbonyl (C=O) groups excluding carboxylic acids is 1. The Bertz CT molecular complexity index is 1450. The van der Waals surface area contributed by atoms with Gasteiger partial charge in [0.05, 0.1) is 26.6 Å². The first-order valence-corrected chi connectivity index (χ1v) is 14.5. The number of ether oxygens (including phenoxy) is 1. The molecule has 1 aromatic heterocycles. The van der Waals surface area contributed by atoms with Crippen molar-refractivity contribution in [3.8, 4) is 0 Å². The van der Waals surface area contributed by atoms with Crippen molar-refractivity contribution in [1.29, 1.82) is 0 Å². The van der Waals surface area contributed by atoms with Gasteiger partial charge in [-0.1, -0.05) is 30.6 Å². The highest BCUT2D eigenvalue weighted by Crippen LogP contribution is 2.27. The number of fused-ring (bicyclic) bond motifs is 1. The lowest BCUT2D eigenvalue weighted by atomic mass is 9.96. The van der Waals surface area contributed by atoms with Gasteiger partial charge in [0.2, 0.25) is 10.0 Å². The van der Waals surface area contributed by atoms with Gasteiger partial charge < -0.3 is 9.30 Å². The average molecular weight is 547 g/mol. The van der Waals surface area contributed by atoms with E-state index in [1.807, 2.05) is 6.92 Å². The van der Waals surface area contributed by atoms with E-state index in [1.54, 1.807) is 17.7 Å². The molecule has 0 radical (unpaired) electrons. The van der Waals surface area contributed by atoms with Crippen molar-refractivity contribution in [3.63, 3.8) is 0 Å². The molecular formula is C25H30N4O6S2. The second-order valence-corrected chi connectivity index (χ2v) is 11.9. The number of rotatable bonds is 9. The minimum Gasteiger partial charge on any atom is -0.380 e. The Balaban J connectivity index is 1.63. The summed E-state index contributed by atoms with van der Waals surface area (Å²) in [7, 11) is -2.05. The Hall–Kier alpha value is -2.93. The molecule has 4 rings (SSSR count). The van der Waals surface area contributed by atoms with Crippen LogP contribution in [0.15, 0.2) is 52.4 Å². The van der Waals surface area contributed by atoms with Crippen LogP contribution in [0.3, 0.4) is 0 Å². The van der Waals surface area contributed by atoms with Crippen molar-refractivity contribution in [1.82, 2.24) is 8.87 Å². The standard InChI is InChI=1S/C25H30N4O6S2/c1-3-35-16-15-28-22-17-20(29(31)32)11-14-23(22)36-25(28)26-24(30)18-9-12-21(13-10-18)37(33,34)27(2)19-7-5-4-6-8-19/h9-14,17,19H,3-8,15-16H2,1-2H3. The van der Waals surface area contributed by atoms with Gasteiger partial charge in [0, 0.05) is 43.9 Å². The number of nitrogens with zero attached hydrogens (tertiary/aromatic N) is 4. The zero-order valence-corrected chi connectivity index (χ0v) is 22.5. The molecule has 1 aliphatic rings. The summed E-state index contributed by atoms with van der Waals surface area (Å²) in [6, 6.07) is 10.3. The molecule has 0 bridgehead atoms. The van der Waals surface area contributed by atoms with Gasteiger partial charge in [-0.15, -0.1) is 0 Å². The summed E-state index contributed by atoms with van der Waals surface area (Å²) in [6.45, 7) is 3.10. The van der Waals surface area contributed by atoms with Crippen LogP contribution in [0, 0.1) is 10.1 Å². The lowest BCUT2D eigenvalue weighted by molar-refractivity contribution is -0.384. The fourth-order valence-corrected chi connectivity index (χ4v) is 6.95. The van der Waals surface area contributed by atoms with E-state index >= 15 is 0 Å². The summed E-state index contributed by atoms with van der Waals surface area (Å²) in [5, 5.41) is 11.3. The van der Waals surface area contributed by atoms with Crippen molar-refractivity contribution in [2.75, 3.05) is 20.3 Å². The van der Waals surface area contributed by atoms with Crippen LogP contribution >= 0.6 is 11.3 Å². The number of hydrogen-bond donors (Lipinski definition) is 0. The Morgan fingerprint density at radius 1 is 1.19 bits per heavy atom. The molecule has 3 aromatic rings. The number of thiazole rings is 1. The van der Waals surface area contributed by atoms with Gasteiger partial charge in [0.15, 0.2) is 4.80 Å². The topological polar surface area (TPSA) is 124 Å². The highest BCUT2D eigenvalue weighted by molar-refractivity contribution is 7.89. The molecule has 1 aliphatic carbocycles. The Morgan fingerprint density at radius 3 is 2.54 bits per heavy atom. The molecule has 0 unspecified atom stereocenters. The number of benzene rings is 2. The van der Waals surface area contributed by atoms with E-state index < -0.39 is 20.9 Å². The number of sulfonamides is 1. The second kappa shape index (κ2) is 11.6. The van der Waals surface area contributed by atoms with Gasteiger partial charge in [0.1, 0.15) is 0 Å². The molecule has 37 heavy (non-hydrogen) atoms. The van der Waals surface area contributed by atoms with E-state index in [0.717, 1.165) is 36.8 Å². The largest absolute Gasteiger partial charge is 0.380 e. The third-order valence-corrected chi connectivity index (χ3v) is 9.59. The summed E-state index contributed by atoms with van der Waals surface area (Å²) < 4.78 is 35.6. The van der Waals surface area contributed by atoms with Crippen LogP contribution in [0.2, 0.25) is 0 Å². The molecule has 1 fully saturated rings. The number of nitro groups is 1. The highest BCUT2D eigenvalue weighted by Gasteiger charge is 2.29. The molecular weight excluding hydrogens is 516 g/mol. The first kappa shape index (κ1) is 27.1. The molecule has 12 heteroatoms. The average Bonchev–Trinajstić information content (AvgIpc) is 3.24.